The molecule has 27 heavy (non-hydrogen) atoms. The van der Waals surface area contributed by atoms with Crippen molar-refractivity contribution >= 4 is 0 Å². The van der Waals surface area contributed by atoms with Gasteiger partial charge in [-0.1, -0.05) is 59.6 Å². The van der Waals surface area contributed by atoms with Gasteiger partial charge in [-0.05, 0) is 87.7 Å². The molecular formula is C25H45NO. The van der Waals surface area contributed by atoms with Crippen molar-refractivity contribution in [2.24, 2.45) is 11.8 Å². The van der Waals surface area contributed by atoms with Crippen LogP contribution in [0.5, 0.6) is 5.75 Å². The van der Waals surface area contributed by atoms with E-state index in [4.69, 9.17) is 4.74 Å². The fourth-order valence-electron chi connectivity index (χ4n) is 3.39. The van der Waals surface area contributed by atoms with Crippen molar-refractivity contribution < 1.29 is 4.74 Å². The minimum atomic E-state index is 0.844. The molecule has 2 nitrogen and oxygen atoms in total. The predicted molar refractivity (Wildman–Crippen MR) is 120 cm³/mol. The molecule has 2 heteroatoms. The topological polar surface area (TPSA) is 12.5 Å². The van der Waals surface area contributed by atoms with Gasteiger partial charge in [0.2, 0.25) is 0 Å². The number of unbranched alkanes of at least 4 members (excludes halogenated alkanes) is 1. The minimum absolute atomic E-state index is 0.844. The van der Waals surface area contributed by atoms with Gasteiger partial charge in [-0.15, -0.1) is 0 Å². The summed E-state index contributed by atoms with van der Waals surface area (Å²) in [6, 6.07) is 8.56. The van der Waals surface area contributed by atoms with Crippen LogP contribution in [0.15, 0.2) is 24.3 Å². The number of benzene rings is 1. The van der Waals surface area contributed by atoms with E-state index < -0.39 is 0 Å². The van der Waals surface area contributed by atoms with Crippen LogP contribution in [0, 0.1) is 11.8 Å². The van der Waals surface area contributed by atoms with Crippen molar-refractivity contribution in [2.45, 2.75) is 86.0 Å². The van der Waals surface area contributed by atoms with Crippen molar-refractivity contribution in [3.8, 4) is 5.75 Å². The van der Waals surface area contributed by atoms with E-state index in [2.05, 4.69) is 63.8 Å². The second-order valence-corrected chi connectivity index (χ2v) is 8.46. The lowest BCUT2D eigenvalue weighted by Gasteiger charge is -2.32. The Hall–Kier alpha value is -1.02. The molecule has 1 aromatic carbocycles. The Balaban J connectivity index is 0.000000828. The van der Waals surface area contributed by atoms with Crippen LogP contribution in [-0.2, 0) is 6.42 Å². The Labute approximate surface area is 169 Å². The minimum Gasteiger partial charge on any atom is -0.494 e. The summed E-state index contributed by atoms with van der Waals surface area (Å²) in [5, 5.41) is 0. The van der Waals surface area contributed by atoms with Crippen LogP contribution in [0.2, 0.25) is 0 Å². The van der Waals surface area contributed by atoms with Crippen molar-refractivity contribution in [3.05, 3.63) is 29.8 Å². The number of piperidine rings is 1. The largest absolute Gasteiger partial charge is 0.494 e. The second-order valence-electron chi connectivity index (χ2n) is 8.46. The van der Waals surface area contributed by atoms with Crippen LogP contribution in [0.4, 0.5) is 0 Å². The molecule has 0 spiro atoms. The lowest BCUT2D eigenvalue weighted by Crippen LogP contribution is -2.34. The van der Waals surface area contributed by atoms with E-state index in [0.29, 0.717) is 0 Å². The monoisotopic (exact) mass is 375 g/mol. The summed E-state index contributed by atoms with van der Waals surface area (Å²) in [5.41, 5.74) is 1.38. The average molecular weight is 376 g/mol. The van der Waals surface area contributed by atoms with Crippen LogP contribution in [0.3, 0.4) is 0 Å². The molecule has 1 aromatic rings. The summed E-state index contributed by atoms with van der Waals surface area (Å²) < 4.78 is 5.91. The molecule has 1 aliphatic heterocycles. The molecule has 1 aliphatic rings. The van der Waals surface area contributed by atoms with Gasteiger partial charge in [-0.25, -0.2) is 0 Å². The van der Waals surface area contributed by atoms with E-state index >= 15 is 0 Å². The molecule has 0 atom stereocenters. The summed E-state index contributed by atoms with van der Waals surface area (Å²) in [6.07, 6.45) is 10.4. The third kappa shape index (κ3) is 11.4. The Kier molecular flexibility index (Phi) is 13.3. The maximum atomic E-state index is 5.91. The molecule has 0 bridgehead atoms. The zero-order chi connectivity index (χ0) is 19.9. The first-order chi connectivity index (χ1) is 13.1. The second kappa shape index (κ2) is 15.0. The number of rotatable bonds is 10. The molecule has 0 N–H and O–H groups in total. The third-order valence-electron chi connectivity index (χ3n) is 5.59. The van der Waals surface area contributed by atoms with Crippen molar-refractivity contribution in [2.75, 3.05) is 26.2 Å². The van der Waals surface area contributed by atoms with E-state index in [1.54, 1.807) is 0 Å². The Morgan fingerprint density at radius 2 is 1.63 bits per heavy atom. The number of likely N-dealkylation sites (tertiary alicyclic amines) is 1. The van der Waals surface area contributed by atoms with Crippen molar-refractivity contribution in [1.82, 2.24) is 4.90 Å². The Morgan fingerprint density at radius 3 is 2.15 bits per heavy atom. The average Bonchev–Trinajstić information content (AvgIpc) is 2.69. The fraction of sp³-hybridized carbons (Fsp3) is 0.760. The zero-order valence-electron chi connectivity index (χ0n) is 18.8. The first-order valence-corrected chi connectivity index (χ1v) is 11.5. The van der Waals surface area contributed by atoms with E-state index in [1.165, 1.54) is 70.1 Å². The highest BCUT2D eigenvalue weighted by Gasteiger charge is 2.18. The van der Waals surface area contributed by atoms with E-state index in [9.17, 15) is 0 Å². The molecule has 2 rings (SSSR count). The van der Waals surface area contributed by atoms with Crippen LogP contribution < -0.4 is 4.74 Å². The highest BCUT2D eigenvalue weighted by atomic mass is 16.5. The summed E-state index contributed by atoms with van der Waals surface area (Å²) in [7, 11) is 0. The standard InChI is InChI=1S/C21H35NO.C4H10/c1-4-19-7-9-21(10-8-19)23-17-13-20-11-15-22(16-12-20)14-5-6-18(2)3;1-3-4-2/h7-10,18,20H,4-6,11-17H2,1-3H3;3-4H2,1-2H3. The van der Waals surface area contributed by atoms with Crippen molar-refractivity contribution in [1.29, 1.82) is 0 Å². The van der Waals surface area contributed by atoms with E-state index in [-0.39, 0.29) is 0 Å². The molecule has 0 aromatic heterocycles. The van der Waals surface area contributed by atoms with Crippen LogP contribution in [-0.4, -0.2) is 31.1 Å². The maximum Gasteiger partial charge on any atom is 0.119 e. The zero-order valence-corrected chi connectivity index (χ0v) is 18.8. The molecule has 156 valence electrons. The predicted octanol–water partition coefficient (Wildman–Crippen LogP) is 6.97. The Morgan fingerprint density at radius 1 is 1.00 bits per heavy atom. The molecule has 1 saturated heterocycles. The van der Waals surface area contributed by atoms with Gasteiger partial charge in [0.15, 0.2) is 0 Å². The quantitative estimate of drug-likeness (QED) is 0.437. The summed E-state index contributed by atoms with van der Waals surface area (Å²) in [4.78, 5) is 2.66. The maximum absolute atomic E-state index is 5.91. The lowest BCUT2D eigenvalue weighted by atomic mass is 9.93. The highest BCUT2D eigenvalue weighted by molar-refractivity contribution is 5.27. The first-order valence-electron chi connectivity index (χ1n) is 11.5. The van der Waals surface area contributed by atoms with Gasteiger partial charge < -0.3 is 9.64 Å². The molecule has 0 unspecified atom stereocenters. The number of nitrogens with zero attached hydrogens (tertiary/aromatic N) is 1. The van der Waals surface area contributed by atoms with Crippen LogP contribution in [0.25, 0.3) is 0 Å². The SMILES string of the molecule is CCCC.CCc1ccc(OCCC2CCN(CCCC(C)C)CC2)cc1. The number of aryl methyl sites for hydroxylation is 1. The van der Waals surface area contributed by atoms with E-state index in [0.717, 1.165) is 30.6 Å². The highest BCUT2D eigenvalue weighted by Crippen LogP contribution is 2.22. The number of ether oxygens (including phenoxy) is 1. The van der Waals surface area contributed by atoms with Crippen molar-refractivity contribution in [3.63, 3.8) is 0 Å². The van der Waals surface area contributed by atoms with Gasteiger partial charge >= 0.3 is 0 Å². The Bertz CT molecular complexity index is 444. The molecule has 1 fully saturated rings. The fourth-order valence-corrected chi connectivity index (χ4v) is 3.39. The summed E-state index contributed by atoms with van der Waals surface area (Å²) >= 11 is 0. The van der Waals surface area contributed by atoms with Crippen LogP contribution >= 0.6 is 0 Å². The van der Waals surface area contributed by atoms with Gasteiger partial charge in [0.1, 0.15) is 5.75 Å². The van der Waals surface area contributed by atoms with Gasteiger partial charge in [0, 0.05) is 0 Å². The molecule has 0 radical (unpaired) electrons. The molecule has 1 heterocycles. The molecular weight excluding hydrogens is 330 g/mol. The van der Waals surface area contributed by atoms with Gasteiger partial charge in [0.25, 0.3) is 0 Å². The number of hydrogen-bond acceptors (Lipinski definition) is 2. The lowest BCUT2D eigenvalue weighted by molar-refractivity contribution is 0.160. The smallest absolute Gasteiger partial charge is 0.119 e. The third-order valence-corrected chi connectivity index (χ3v) is 5.59. The van der Waals surface area contributed by atoms with Crippen LogP contribution in [0.1, 0.15) is 85.1 Å². The first kappa shape index (κ1) is 24.0. The normalized spacial score (nSPS) is 15.5. The number of hydrogen-bond donors (Lipinski definition) is 0. The van der Waals surface area contributed by atoms with Gasteiger partial charge in [-0.2, -0.15) is 0 Å². The van der Waals surface area contributed by atoms with E-state index in [1.807, 2.05) is 0 Å². The summed E-state index contributed by atoms with van der Waals surface area (Å²) in [6.45, 7) is 15.9. The molecule has 0 aliphatic carbocycles. The van der Waals surface area contributed by atoms with Gasteiger partial charge in [0.05, 0.1) is 6.61 Å². The molecule has 0 amide bonds. The molecule has 0 saturated carbocycles. The van der Waals surface area contributed by atoms with Gasteiger partial charge in [-0.3, -0.25) is 0 Å². The summed E-state index contributed by atoms with van der Waals surface area (Å²) in [5.74, 6) is 2.72.